The highest BCUT2D eigenvalue weighted by Gasteiger charge is 2.36. The molecule has 0 radical (unpaired) electrons. The van der Waals surface area contributed by atoms with Gasteiger partial charge in [0.1, 0.15) is 0 Å². The maximum atomic E-state index is 12.8. The van der Waals surface area contributed by atoms with Gasteiger partial charge in [0.05, 0.1) is 23.1 Å². The van der Waals surface area contributed by atoms with Crippen LogP contribution in [0.15, 0.2) is 12.3 Å². The van der Waals surface area contributed by atoms with Gasteiger partial charge in [-0.2, -0.15) is 0 Å². The summed E-state index contributed by atoms with van der Waals surface area (Å²) in [5.41, 5.74) is 1.41. The highest BCUT2D eigenvalue weighted by molar-refractivity contribution is 7.91. The second-order valence-electron chi connectivity index (χ2n) is 5.76. The Morgan fingerprint density at radius 1 is 1.43 bits per heavy atom. The summed E-state index contributed by atoms with van der Waals surface area (Å²) in [5.74, 6) is -0.706. The van der Waals surface area contributed by atoms with E-state index in [1.807, 2.05) is 6.92 Å². The van der Waals surface area contributed by atoms with Crippen molar-refractivity contribution in [2.24, 2.45) is 0 Å². The average molecular weight is 341 g/mol. The lowest BCUT2D eigenvalue weighted by Gasteiger charge is -2.35. The van der Waals surface area contributed by atoms with Crippen molar-refractivity contribution in [1.82, 2.24) is 15.2 Å². The molecule has 1 saturated heterocycles. The molecule has 1 fully saturated rings. The number of nitrogens with zero attached hydrogens (tertiary/aromatic N) is 1. The van der Waals surface area contributed by atoms with Crippen LogP contribution in [0.3, 0.4) is 0 Å². The van der Waals surface area contributed by atoms with Gasteiger partial charge in [0, 0.05) is 31.9 Å². The van der Waals surface area contributed by atoms with Crippen LogP contribution in [0.2, 0.25) is 0 Å². The van der Waals surface area contributed by atoms with Gasteiger partial charge in [-0.05, 0) is 12.5 Å². The average Bonchev–Trinajstić information content (AvgIpc) is 2.94. The molecule has 8 heteroatoms. The van der Waals surface area contributed by atoms with Gasteiger partial charge in [0.15, 0.2) is 9.84 Å². The molecule has 0 bridgehead atoms. The zero-order valence-corrected chi connectivity index (χ0v) is 14.3. The van der Waals surface area contributed by atoms with E-state index in [1.54, 1.807) is 12.3 Å². The molecule has 1 atom stereocenters. The van der Waals surface area contributed by atoms with Crippen molar-refractivity contribution in [2.45, 2.75) is 32.2 Å². The molecule has 23 heavy (non-hydrogen) atoms. The second kappa shape index (κ2) is 7.16. The summed E-state index contributed by atoms with van der Waals surface area (Å²) < 4.78 is 23.8. The van der Waals surface area contributed by atoms with Crippen molar-refractivity contribution in [3.8, 4) is 0 Å². The standard InChI is InChI=1S/C15H23N3O4S/c1-3-4-13-12(5-6-17-13)15(20)18-7-8-23(21,22)10-11(18)9-14(19)16-2/h5-6,11,17H,3-4,7-10H2,1-2H3,(H,16,19). The zero-order valence-electron chi connectivity index (χ0n) is 13.5. The molecule has 2 N–H and O–H groups in total. The number of aryl methyl sites for hydroxylation is 1. The molecular weight excluding hydrogens is 318 g/mol. The first-order valence-electron chi connectivity index (χ1n) is 7.76. The van der Waals surface area contributed by atoms with Crippen LogP contribution in [0.1, 0.15) is 35.8 Å². The lowest BCUT2D eigenvalue weighted by atomic mass is 10.1. The third-order valence-electron chi connectivity index (χ3n) is 4.05. The van der Waals surface area contributed by atoms with Crippen LogP contribution in [0, 0.1) is 0 Å². The molecule has 1 aliphatic rings. The van der Waals surface area contributed by atoms with Crippen molar-refractivity contribution in [2.75, 3.05) is 25.1 Å². The largest absolute Gasteiger partial charge is 0.364 e. The fourth-order valence-corrected chi connectivity index (χ4v) is 4.38. The van der Waals surface area contributed by atoms with Gasteiger partial charge in [0.25, 0.3) is 5.91 Å². The first-order valence-corrected chi connectivity index (χ1v) is 9.58. The Hall–Kier alpha value is -1.83. The van der Waals surface area contributed by atoms with Crippen molar-refractivity contribution in [1.29, 1.82) is 0 Å². The van der Waals surface area contributed by atoms with Gasteiger partial charge in [-0.25, -0.2) is 8.42 Å². The Balaban J connectivity index is 2.25. The monoisotopic (exact) mass is 341 g/mol. The predicted molar refractivity (Wildman–Crippen MR) is 86.9 cm³/mol. The van der Waals surface area contributed by atoms with Gasteiger partial charge < -0.3 is 15.2 Å². The number of rotatable bonds is 5. The van der Waals surface area contributed by atoms with E-state index in [2.05, 4.69) is 10.3 Å². The van der Waals surface area contributed by atoms with Crippen LogP contribution in [-0.4, -0.2) is 61.3 Å². The quantitative estimate of drug-likeness (QED) is 0.807. The third kappa shape index (κ3) is 4.13. The van der Waals surface area contributed by atoms with E-state index in [4.69, 9.17) is 0 Å². The van der Waals surface area contributed by atoms with E-state index in [1.165, 1.54) is 11.9 Å². The number of hydrogen-bond acceptors (Lipinski definition) is 4. The summed E-state index contributed by atoms with van der Waals surface area (Å²) in [6, 6.07) is 1.10. The van der Waals surface area contributed by atoms with E-state index in [0.29, 0.717) is 5.56 Å². The molecule has 1 aliphatic heterocycles. The number of amides is 2. The topological polar surface area (TPSA) is 99.3 Å². The maximum Gasteiger partial charge on any atom is 0.255 e. The number of H-pyrrole nitrogens is 1. The summed E-state index contributed by atoms with van der Waals surface area (Å²) in [4.78, 5) is 29.1. The Morgan fingerprint density at radius 2 is 2.17 bits per heavy atom. The molecule has 2 amide bonds. The molecule has 0 aromatic carbocycles. The number of aromatic amines is 1. The highest BCUT2D eigenvalue weighted by atomic mass is 32.2. The van der Waals surface area contributed by atoms with Gasteiger partial charge in [-0.3, -0.25) is 9.59 Å². The van der Waals surface area contributed by atoms with E-state index < -0.39 is 15.9 Å². The number of hydrogen-bond donors (Lipinski definition) is 2. The lowest BCUT2D eigenvalue weighted by molar-refractivity contribution is -0.121. The van der Waals surface area contributed by atoms with Crippen LogP contribution < -0.4 is 5.32 Å². The van der Waals surface area contributed by atoms with E-state index in [0.717, 1.165) is 18.5 Å². The first-order chi connectivity index (χ1) is 10.9. The number of aromatic nitrogens is 1. The highest BCUT2D eigenvalue weighted by Crippen LogP contribution is 2.20. The third-order valence-corrected chi connectivity index (χ3v) is 5.75. The molecule has 2 rings (SSSR count). The maximum absolute atomic E-state index is 12.8. The molecule has 0 spiro atoms. The van der Waals surface area contributed by atoms with E-state index in [-0.39, 0.29) is 36.3 Å². The second-order valence-corrected chi connectivity index (χ2v) is 7.99. The van der Waals surface area contributed by atoms with E-state index >= 15 is 0 Å². The number of sulfone groups is 1. The zero-order chi connectivity index (χ0) is 17.0. The van der Waals surface area contributed by atoms with Gasteiger partial charge in [0.2, 0.25) is 5.91 Å². The SMILES string of the molecule is CCCc1[nH]ccc1C(=O)N1CCS(=O)(=O)CC1CC(=O)NC. The van der Waals surface area contributed by atoms with E-state index in [9.17, 15) is 18.0 Å². The number of nitrogens with one attached hydrogen (secondary N) is 2. The molecule has 128 valence electrons. The molecule has 0 saturated carbocycles. The first kappa shape index (κ1) is 17.5. The minimum absolute atomic E-state index is 0.00496. The smallest absolute Gasteiger partial charge is 0.255 e. The van der Waals surface area contributed by atoms with Crippen LogP contribution in [0.4, 0.5) is 0 Å². The Morgan fingerprint density at radius 3 is 2.83 bits per heavy atom. The molecule has 7 nitrogen and oxygen atoms in total. The van der Waals surface area contributed by atoms with Crippen LogP contribution in [0.5, 0.6) is 0 Å². The summed E-state index contributed by atoms with van der Waals surface area (Å²) in [6.45, 7) is 2.15. The predicted octanol–water partition coefficient (Wildman–Crippen LogP) is 0.343. The van der Waals surface area contributed by atoms with Crippen LogP contribution in [0.25, 0.3) is 0 Å². The molecule has 1 aromatic rings. The Bertz CT molecular complexity index is 681. The summed E-state index contributed by atoms with van der Waals surface area (Å²) in [6.07, 6.45) is 3.36. The summed E-state index contributed by atoms with van der Waals surface area (Å²) in [7, 11) is -1.73. The van der Waals surface area contributed by atoms with Crippen molar-refractivity contribution >= 4 is 21.7 Å². The lowest BCUT2D eigenvalue weighted by Crippen LogP contribution is -2.52. The van der Waals surface area contributed by atoms with Gasteiger partial charge in [-0.15, -0.1) is 0 Å². The molecule has 0 aliphatic carbocycles. The minimum atomic E-state index is -3.22. The van der Waals surface area contributed by atoms with Crippen molar-refractivity contribution in [3.05, 3.63) is 23.5 Å². The van der Waals surface area contributed by atoms with Gasteiger partial charge >= 0.3 is 0 Å². The summed E-state index contributed by atoms with van der Waals surface area (Å²) >= 11 is 0. The molecule has 1 aromatic heterocycles. The van der Waals surface area contributed by atoms with Crippen LogP contribution >= 0.6 is 0 Å². The van der Waals surface area contributed by atoms with Crippen molar-refractivity contribution in [3.63, 3.8) is 0 Å². The molecule has 1 unspecified atom stereocenters. The summed E-state index contributed by atoms with van der Waals surface area (Å²) in [5, 5.41) is 2.49. The Kier molecular flexibility index (Phi) is 5.46. The minimum Gasteiger partial charge on any atom is -0.364 e. The van der Waals surface area contributed by atoms with Crippen molar-refractivity contribution < 1.29 is 18.0 Å². The van der Waals surface area contributed by atoms with Crippen LogP contribution in [-0.2, 0) is 21.1 Å². The van der Waals surface area contributed by atoms with Gasteiger partial charge in [-0.1, -0.05) is 13.3 Å². The fourth-order valence-electron chi connectivity index (χ4n) is 2.85. The molecule has 2 heterocycles. The molecular formula is C15H23N3O4S. The number of carbonyl (C=O) groups is 2. The number of carbonyl (C=O) groups excluding carboxylic acids is 2. The normalized spacial score (nSPS) is 20.3. The fraction of sp³-hybridized carbons (Fsp3) is 0.600. The Labute approximate surface area is 136 Å².